The molecule has 0 aliphatic carbocycles. The maximum Gasteiger partial charge on any atom is 0.270 e. The molecule has 1 aromatic carbocycles. The average Bonchev–Trinajstić information content (AvgIpc) is 3.24. The van der Waals surface area contributed by atoms with E-state index in [-0.39, 0.29) is 5.91 Å². The summed E-state index contributed by atoms with van der Waals surface area (Å²) in [4.78, 5) is 13.7. The summed E-state index contributed by atoms with van der Waals surface area (Å²) in [5, 5.41) is 10.2. The first-order valence-corrected chi connectivity index (χ1v) is 9.49. The molecule has 0 bridgehead atoms. The average molecular weight is 374 g/mol. The molecule has 0 aliphatic heterocycles. The Balaban J connectivity index is 1.97. The number of aromatic nitrogens is 2. The van der Waals surface area contributed by atoms with Crippen LogP contribution in [0.25, 0.3) is 16.3 Å². The summed E-state index contributed by atoms with van der Waals surface area (Å²) in [6, 6.07) is 13.2. The number of nitrogens with zero attached hydrogens (tertiary/aromatic N) is 2. The van der Waals surface area contributed by atoms with Crippen LogP contribution in [0.3, 0.4) is 0 Å². The molecule has 0 fully saturated rings. The fraction of sp³-hybridized carbons (Fsp3) is 0.263. The first-order chi connectivity index (χ1) is 12.1. The van der Waals surface area contributed by atoms with Crippen molar-refractivity contribution in [1.82, 2.24) is 15.1 Å². The monoisotopic (exact) mass is 373 g/mol. The third-order valence-electron chi connectivity index (χ3n) is 3.80. The Labute approximate surface area is 156 Å². The van der Waals surface area contributed by atoms with Gasteiger partial charge in [0.25, 0.3) is 5.91 Å². The van der Waals surface area contributed by atoms with Crippen LogP contribution in [0.4, 0.5) is 0 Å². The summed E-state index contributed by atoms with van der Waals surface area (Å²) in [7, 11) is 0. The van der Waals surface area contributed by atoms with Crippen LogP contribution in [-0.4, -0.2) is 22.2 Å². The van der Waals surface area contributed by atoms with E-state index in [1.54, 1.807) is 22.1 Å². The van der Waals surface area contributed by atoms with Crippen molar-refractivity contribution in [2.75, 3.05) is 6.54 Å². The zero-order chi connectivity index (χ0) is 17.8. The second-order valence-corrected chi connectivity index (χ2v) is 7.55. The number of amides is 1. The molecular weight excluding hydrogens is 354 g/mol. The highest BCUT2D eigenvalue weighted by atomic mass is 35.5. The Bertz CT molecular complexity index is 855. The van der Waals surface area contributed by atoms with Gasteiger partial charge in [0.2, 0.25) is 0 Å². The third-order valence-corrected chi connectivity index (χ3v) is 5.02. The van der Waals surface area contributed by atoms with Gasteiger partial charge in [-0.05, 0) is 42.0 Å². The number of halogens is 1. The Morgan fingerprint density at radius 3 is 2.76 bits per heavy atom. The lowest BCUT2D eigenvalue weighted by Crippen LogP contribution is -2.27. The van der Waals surface area contributed by atoms with E-state index in [9.17, 15) is 4.79 Å². The maximum absolute atomic E-state index is 12.7. The molecule has 3 aromatic rings. The molecule has 3 rings (SSSR count). The van der Waals surface area contributed by atoms with E-state index in [0.29, 0.717) is 28.9 Å². The largest absolute Gasteiger partial charge is 0.351 e. The fourth-order valence-electron chi connectivity index (χ4n) is 2.46. The second-order valence-electron chi connectivity index (χ2n) is 6.19. The van der Waals surface area contributed by atoms with Gasteiger partial charge in [0.05, 0.1) is 15.6 Å². The van der Waals surface area contributed by atoms with Crippen molar-refractivity contribution in [3.8, 4) is 16.3 Å². The number of hydrogen-bond donors (Lipinski definition) is 1. The molecular formula is C19H20ClN3OS. The van der Waals surface area contributed by atoms with Crippen LogP contribution in [0, 0.1) is 5.92 Å². The Hall–Kier alpha value is -2.11. The number of hydrogen-bond acceptors (Lipinski definition) is 3. The van der Waals surface area contributed by atoms with Crippen molar-refractivity contribution >= 4 is 28.8 Å². The molecule has 0 saturated carbocycles. The van der Waals surface area contributed by atoms with Gasteiger partial charge in [-0.15, -0.1) is 11.3 Å². The first kappa shape index (κ1) is 17.7. The molecule has 4 nitrogen and oxygen atoms in total. The molecule has 0 atom stereocenters. The van der Waals surface area contributed by atoms with Crippen LogP contribution in [0.15, 0.2) is 47.8 Å². The van der Waals surface area contributed by atoms with Gasteiger partial charge < -0.3 is 5.32 Å². The Morgan fingerprint density at radius 2 is 2.08 bits per heavy atom. The molecule has 0 aliphatic rings. The number of para-hydroxylation sites is 1. The molecule has 0 spiro atoms. The molecule has 2 heterocycles. The molecule has 0 saturated heterocycles. The number of thiophene rings is 1. The highest BCUT2D eigenvalue weighted by Crippen LogP contribution is 2.28. The smallest absolute Gasteiger partial charge is 0.270 e. The number of carbonyl (C=O) groups is 1. The number of carbonyl (C=O) groups excluding carboxylic acids is 1. The van der Waals surface area contributed by atoms with Gasteiger partial charge in [-0.25, -0.2) is 4.68 Å². The SMILES string of the molecule is CC(C)CCNC(=O)c1cc(-c2cccs2)nn1-c1ccccc1Cl. The van der Waals surface area contributed by atoms with Gasteiger partial charge in [-0.1, -0.05) is 43.6 Å². The minimum atomic E-state index is -0.143. The van der Waals surface area contributed by atoms with Gasteiger partial charge in [0, 0.05) is 6.54 Å². The van der Waals surface area contributed by atoms with Gasteiger partial charge >= 0.3 is 0 Å². The lowest BCUT2D eigenvalue weighted by atomic mass is 10.1. The van der Waals surface area contributed by atoms with E-state index >= 15 is 0 Å². The van der Waals surface area contributed by atoms with Gasteiger partial charge in [-0.2, -0.15) is 5.10 Å². The van der Waals surface area contributed by atoms with Crippen molar-refractivity contribution in [3.63, 3.8) is 0 Å². The third kappa shape index (κ3) is 4.11. The number of nitrogens with one attached hydrogen (secondary N) is 1. The van der Waals surface area contributed by atoms with Crippen LogP contribution < -0.4 is 5.32 Å². The van der Waals surface area contributed by atoms with Crippen molar-refractivity contribution in [1.29, 1.82) is 0 Å². The molecule has 6 heteroatoms. The summed E-state index contributed by atoms with van der Waals surface area (Å²) in [6.45, 7) is 4.91. The second kappa shape index (κ2) is 7.85. The van der Waals surface area contributed by atoms with Crippen molar-refractivity contribution in [2.45, 2.75) is 20.3 Å². The van der Waals surface area contributed by atoms with E-state index in [4.69, 9.17) is 11.6 Å². The molecule has 0 radical (unpaired) electrons. The number of rotatable bonds is 6. The molecule has 2 aromatic heterocycles. The molecule has 1 N–H and O–H groups in total. The zero-order valence-corrected chi connectivity index (χ0v) is 15.8. The normalized spacial score (nSPS) is 11.0. The fourth-order valence-corrected chi connectivity index (χ4v) is 3.36. The summed E-state index contributed by atoms with van der Waals surface area (Å²) in [5.74, 6) is 0.395. The van der Waals surface area contributed by atoms with E-state index in [1.165, 1.54) is 0 Å². The quantitative estimate of drug-likeness (QED) is 0.658. The lowest BCUT2D eigenvalue weighted by molar-refractivity contribution is 0.0944. The van der Waals surface area contributed by atoms with E-state index < -0.39 is 0 Å². The van der Waals surface area contributed by atoms with E-state index in [1.807, 2.05) is 41.8 Å². The van der Waals surface area contributed by atoms with Crippen LogP contribution >= 0.6 is 22.9 Å². The minimum absolute atomic E-state index is 0.143. The Kier molecular flexibility index (Phi) is 5.56. The van der Waals surface area contributed by atoms with Crippen molar-refractivity contribution < 1.29 is 4.79 Å². The predicted molar refractivity (Wildman–Crippen MR) is 104 cm³/mol. The van der Waals surface area contributed by atoms with Gasteiger partial charge in [0.1, 0.15) is 11.4 Å². The summed E-state index contributed by atoms with van der Waals surface area (Å²) in [6.07, 6.45) is 0.934. The summed E-state index contributed by atoms with van der Waals surface area (Å²) >= 11 is 7.92. The highest BCUT2D eigenvalue weighted by Gasteiger charge is 2.19. The van der Waals surface area contributed by atoms with Gasteiger partial charge in [0.15, 0.2) is 0 Å². The minimum Gasteiger partial charge on any atom is -0.351 e. The number of benzene rings is 1. The Morgan fingerprint density at radius 1 is 1.28 bits per heavy atom. The van der Waals surface area contributed by atoms with E-state index in [0.717, 1.165) is 17.0 Å². The summed E-state index contributed by atoms with van der Waals surface area (Å²) < 4.78 is 1.63. The maximum atomic E-state index is 12.7. The van der Waals surface area contributed by atoms with Gasteiger partial charge in [-0.3, -0.25) is 4.79 Å². The van der Waals surface area contributed by atoms with Crippen LogP contribution in [0.1, 0.15) is 30.8 Å². The topological polar surface area (TPSA) is 46.9 Å². The van der Waals surface area contributed by atoms with Crippen molar-refractivity contribution in [2.24, 2.45) is 5.92 Å². The van der Waals surface area contributed by atoms with E-state index in [2.05, 4.69) is 24.3 Å². The van der Waals surface area contributed by atoms with Crippen LogP contribution in [0.2, 0.25) is 5.02 Å². The standard InChI is InChI=1S/C19H20ClN3OS/c1-13(2)9-10-21-19(24)17-12-15(18-8-5-11-25-18)22-23(17)16-7-4-3-6-14(16)20/h3-8,11-13H,9-10H2,1-2H3,(H,21,24). The molecule has 130 valence electrons. The predicted octanol–water partition coefficient (Wildman–Crippen LogP) is 5.03. The molecule has 0 unspecified atom stereocenters. The van der Waals surface area contributed by atoms with Crippen molar-refractivity contribution in [3.05, 3.63) is 58.6 Å². The zero-order valence-electron chi connectivity index (χ0n) is 14.2. The van der Waals surface area contributed by atoms with Crippen LogP contribution in [0.5, 0.6) is 0 Å². The van der Waals surface area contributed by atoms with Crippen LogP contribution in [-0.2, 0) is 0 Å². The lowest BCUT2D eigenvalue weighted by Gasteiger charge is -2.10. The molecule has 1 amide bonds. The summed E-state index contributed by atoms with van der Waals surface area (Å²) in [5.41, 5.74) is 1.95. The highest BCUT2D eigenvalue weighted by molar-refractivity contribution is 7.13. The first-order valence-electron chi connectivity index (χ1n) is 8.23. The molecule has 25 heavy (non-hydrogen) atoms.